The molecule has 23 heavy (non-hydrogen) atoms. The number of nitrogens with zero attached hydrogens (tertiary/aromatic N) is 2. The summed E-state index contributed by atoms with van der Waals surface area (Å²) in [5.74, 6) is 0.820. The second-order valence-corrected chi connectivity index (χ2v) is 5.93. The van der Waals surface area contributed by atoms with Crippen LogP contribution >= 0.6 is 23.7 Å². The van der Waals surface area contributed by atoms with Gasteiger partial charge in [-0.1, -0.05) is 0 Å². The molecule has 3 N–H and O–H groups in total. The molecule has 0 aliphatic rings. The second kappa shape index (κ2) is 8.39. The van der Waals surface area contributed by atoms with E-state index in [1.165, 1.54) is 11.3 Å². The number of nitrogens with two attached hydrogens (primary N) is 1. The summed E-state index contributed by atoms with van der Waals surface area (Å²) >= 11 is 1.31. The van der Waals surface area contributed by atoms with Gasteiger partial charge in [0.1, 0.15) is 11.4 Å². The largest absolute Gasteiger partial charge is 0.480 e. The van der Waals surface area contributed by atoms with Crippen molar-refractivity contribution in [3.8, 4) is 5.88 Å². The van der Waals surface area contributed by atoms with Crippen molar-refractivity contribution in [2.24, 2.45) is 5.73 Å². The van der Waals surface area contributed by atoms with Crippen LogP contribution in [0.2, 0.25) is 0 Å². The van der Waals surface area contributed by atoms with Crippen LogP contribution in [0.5, 0.6) is 5.88 Å². The molecule has 0 spiro atoms. The Morgan fingerprint density at radius 2 is 2.09 bits per heavy atom. The number of aromatic nitrogens is 2. The Morgan fingerprint density at radius 3 is 2.65 bits per heavy atom. The van der Waals surface area contributed by atoms with Crippen molar-refractivity contribution in [1.29, 1.82) is 0 Å². The average molecular weight is 361 g/mol. The number of hydrogen-bond acceptors (Lipinski definition) is 7. The maximum atomic E-state index is 12.3. The average Bonchev–Trinajstić information content (AvgIpc) is 2.84. The first kappa shape index (κ1) is 19.6. The number of carbonyl (C=O) groups excluding carboxylic acids is 1. The topological polar surface area (TPSA) is 99.4 Å². The van der Waals surface area contributed by atoms with Gasteiger partial charge >= 0.3 is 0 Å². The van der Waals surface area contributed by atoms with Gasteiger partial charge in [-0.15, -0.1) is 23.7 Å². The first-order valence-corrected chi connectivity index (χ1v) is 7.67. The number of thiophene rings is 1. The van der Waals surface area contributed by atoms with Gasteiger partial charge in [-0.05, 0) is 19.4 Å². The van der Waals surface area contributed by atoms with E-state index in [2.05, 4.69) is 15.3 Å². The third-order valence-electron chi connectivity index (χ3n) is 3.21. The minimum atomic E-state index is -0.159. The van der Waals surface area contributed by atoms with E-state index in [4.69, 9.17) is 15.2 Å². The molecule has 0 saturated heterocycles. The van der Waals surface area contributed by atoms with Gasteiger partial charge in [-0.25, -0.2) is 4.98 Å². The van der Waals surface area contributed by atoms with Gasteiger partial charge in [0.15, 0.2) is 5.82 Å². The molecule has 1 atom stereocenters. The Labute approximate surface area is 145 Å². The van der Waals surface area contributed by atoms with Gasteiger partial charge in [-0.2, -0.15) is 4.98 Å². The van der Waals surface area contributed by atoms with Crippen LogP contribution in [0.1, 0.15) is 28.0 Å². The van der Waals surface area contributed by atoms with Gasteiger partial charge < -0.3 is 20.5 Å². The van der Waals surface area contributed by atoms with Gasteiger partial charge in [0.05, 0.1) is 17.4 Å². The molecule has 0 radical (unpaired) electrons. The van der Waals surface area contributed by atoms with Crippen molar-refractivity contribution in [3.63, 3.8) is 0 Å². The Kier molecular flexibility index (Phi) is 7.14. The number of carbonyl (C=O) groups is 1. The molecule has 0 unspecified atom stereocenters. The van der Waals surface area contributed by atoms with Crippen LogP contribution in [0.3, 0.4) is 0 Å². The summed E-state index contributed by atoms with van der Waals surface area (Å²) in [7, 11) is 3.12. The molecule has 0 saturated carbocycles. The maximum Gasteiger partial charge on any atom is 0.261 e. The number of rotatable bonds is 6. The molecule has 2 rings (SSSR count). The minimum Gasteiger partial charge on any atom is -0.480 e. The van der Waals surface area contributed by atoms with Crippen LogP contribution in [-0.4, -0.2) is 42.7 Å². The van der Waals surface area contributed by atoms with Crippen LogP contribution in [0, 0.1) is 6.92 Å². The highest BCUT2D eigenvalue weighted by molar-refractivity contribution is 7.20. The fourth-order valence-corrected chi connectivity index (χ4v) is 3.14. The molecule has 128 valence electrons. The highest BCUT2D eigenvalue weighted by atomic mass is 35.5. The molecule has 0 aliphatic carbocycles. The molecule has 0 aliphatic heterocycles. The van der Waals surface area contributed by atoms with E-state index < -0.39 is 0 Å². The summed E-state index contributed by atoms with van der Waals surface area (Å²) in [5.41, 5.74) is 6.35. The van der Waals surface area contributed by atoms with Crippen LogP contribution in [0.4, 0.5) is 0 Å². The van der Waals surface area contributed by atoms with Gasteiger partial charge in [0.25, 0.3) is 5.91 Å². The molecular weight excluding hydrogens is 340 g/mol. The van der Waals surface area contributed by atoms with E-state index in [0.717, 1.165) is 10.9 Å². The van der Waals surface area contributed by atoms with Crippen molar-refractivity contribution >= 4 is 39.9 Å². The lowest BCUT2D eigenvalue weighted by Gasteiger charge is -2.10. The highest BCUT2D eigenvalue weighted by Gasteiger charge is 2.21. The van der Waals surface area contributed by atoms with Crippen LogP contribution < -0.4 is 15.8 Å². The predicted molar refractivity (Wildman–Crippen MR) is 92.6 cm³/mol. The van der Waals surface area contributed by atoms with Crippen molar-refractivity contribution in [3.05, 3.63) is 16.3 Å². The first-order valence-electron chi connectivity index (χ1n) is 6.85. The number of methoxy groups -OCH3 is 2. The van der Waals surface area contributed by atoms with E-state index in [1.807, 2.05) is 13.8 Å². The molecule has 7 nitrogen and oxygen atoms in total. The smallest absolute Gasteiger partial charge is 0.261 e. The lowest BCUT2D eigenvalue weighted by atomic mass is 10.2. The number of nitrogens with one attached hydrogen (secondary N) is 1. The van der Waals surface area contributed by atoms with Gasteiger partial charge in [0.2, 0.25) is 5.88 Å². The number of aryl methyl sites for hydroxylation is 1. The fraction of sp³-hybridized carbons (Fsp3) is 0.500. The summed E-state index contributed by atoms with van der Waals surface area (Å²) in [6, 6.07) is -0.0888. The molecule has 9 heteroatoms. The van der Waals surface area contributed by atoms with E-state index in [9.17, 15) is 4.79 Å². The van der Waals surface area contributed by atoms with Crippen molar-refractivity contribution in [2.75, 3.05) is 20.8 Å². The molecule has 0 fully saturated rings. The minimum absolute atomic E-state index is 0. The molecule has 2 heterocycles. The molecule has 0 aromatic carbocycles. The van der Waals surface area contributed by atoms with Crippen molar-refractivity contribution in [1.82, 2.24) is 15.3 Å². The fourth-order valence-electron chi connectivity index (χ4n) is 2.05. The van der Waals surface area contributed by atoms with E-state index in [0.29, 0.717) is 28.0 Å². The maximum absolute atomic E-state index is 12.3. The number of amides is 1. The summed E-state index contributed by atoms with van der Waals surface area (Å²) < 4.78 is 10.4. The Balaban J connectivity index is 0.00000264. The molecule has 2 aromatic heterocycles. The van der Waals surface area contributed by atoms with E-state index in [-0.39, 0.29) is 31.0 Å². The summed E-state index contributed by atoms with van der Waals surface area (Å²) in [4.78, 5) is 22.4. The SMILES string of the molecule is COCc1nc(OC)c2c(C)c(C(=O)N[C@@H](C)CN)sc2n1.Cl. The third kappa shape index (κ3) is 4.08. The first-order chi connectivity index (χ1) is 10.5. The van der Waals surface area contributed by atoms with Crippen molar-refractivity contribution in [2.45, 2.75) is 26.5 Å². The lowest BCUT2D eigenvalue weighted by Crippen LogP contribution is -2.37. The zero-order valence-electron chi connectivity index (χ0n) is 13.5. The Hall–Kier alpha value is -1.48. The van der Waals surface area contributed by atoms with Crippen LogP contribution in [-0.2, 0) is 11.3 Å². The molecule has 0 bridgehead atoms. The standard InChI is InChI=1S/C14H20N4O3S.ClH/c1-7(5-15)16-12(19)11-8(2)10-13(21-4)17-9(6-20-3)18-14(10)22-11;/h7H,5-6,15H2,1-4H3,(H,16,19);1H/t7-;/m0./s1. The molecule has 1 amide bonds. The number of ether oxygens (including phenoxy) is 2. The van der Waals surface area contributed by atoms with Gasteiger partial charge in [-0.3, -0.25) is 4.79 Å². The number of hydrogen-bond donors (Lipinski definition) is 2. The number of fused-ring (bicyclic) bond motifs is 1. The van der Waals surface area contributed by atoms with Crippen molar-refractivity contribution < 1.29 is 14.3 Å². The molecule has 2 aromatic rings. The normalized spacial score (nSPS) is 11.9. The monoisotopic (exact) mass is 360 g/mol. The molecular formula is C14H21ClN4O3S. The van der Waals surface area contributed by atoms with E-state index in [1.54, 1.807) is 14.2 Å². The van der Waals surface area contributed by atoms with Gasteiger partial charge in [0, 0.05) is 19.7 Å². The van der Waals surface area contributed by atoms with Crippen LogP contribution in [0.25, 0.3) is 10.2 Å². The second-order valence-electron chi connectivity index (χ2n) is 4.93. The quantitative estimate of drug-likeness (QED) is 0.812. The lowest BCUT2D eigenvalue weighted by molar-refractivity contribution is 0.0945. The zero-order chi connectivity index (χ0) is 16.3. The third-order valence-corrected chi connectivity index (χ3v) is 4.39. The van der Waals surface area contributed by atoms with Crippen LogP contribution in [0.15, 0.2) is 0 Å². The number of halogens is 1. The summed E-state index contributed by atoms with van der Waals surface area (Å²) in [5, 5.41) is 3.62. The van der Waals surface area contributed by atoms with E-state index >= 15 is 0 Å². The zero-order valence-corrected chi connectivity index (χ0v) is 15.1. The highest BCUT2D eigenvalue weighted by Crippen LogP contribution is 2.35. The Morgan fingerprint density at radius 1 is 1.39 bits per heavy atom. The Bertz CT molecular complexity index is 692. The predicted octanol–water partition coefficient (Wildman–Crippen LogP) is 1.65. The summed E-state index contributed by atoms with van der Waals surface area (Å²) in [6.45, 7) is 4.39. The summed E-state index contributed by atoms with van der Waals surface area (Å²) in [6.07, 6.45) is 0.